The molecule has 0 saturated carbocycles. The van der Waals surface area contributed by atoms with Gasteiger partial charge in [-0.05, 0) is 52.7 Å². The summed E-state index contributed by atoms with van der Waals surface area (Å²) < 4.78 is 5.23. The monoisotopic (exact) mass is 300 g/mol. The Kier molecular flexibility index (Phi) is 11.6. The molecule has 0 aliphatic rings. The summed E-state index contributed by atoms with van der Waals surface area (Å²) in [4.78, 5) is 14.7. The van der Waals surface area contributed by atoms with Gasteiger partial charge < -0.3 is 15.0 Å². The minimum absolute atomic E-state index is 0.127. The van der Waals surface area contributed by atoms with E-state index in [0.717, 1.165) is 32.6 Å². The quantitative estimate of drug-likeness (QED) is 0.530. The fourth-order valence-electron chi connectivity index (χ4n) is 2.42. The Morgan fingerprint density at radius 3 is 2.05 bits per heavy atom. The molecule has 1 atom stereocenters. The average molecular weight is 300 g/mol. The van der Waals surface area contributed by atoms with Crippen molar-refractivity contribution in [1.29, 1.82) is 0 Å². The fraction of sp³-hybridized carbons (Fsp3) is 0.941. The Morgan fingerprint density at radius 1 is 1.05 bits per heavy atom. The molecule has 0 heterocycles. The Balaban J connectivity index is 4.54. The summed E-state index contributed by atoms with van der Waals surface area (Å²) in [5.74, 6) is -0.127. The molecule has 0 aromatic carbocycles. The predicted octanol–water partition coefficient (Wildman–Crippen LogP) is 3.21. The third kappa shape index (κ3) is 8.42. The second kappa shape index (κ2) is 12.0. The number of carbonyl (C=O) groups is 1. The van der Waals surface area contributed by atoms with E-state index in [1.807, 2.05) is 20.8 Å². The van der Waals surface area contributed by atoms with Crippen molar-refractivity contribution < 1.29 is 9.53 Å². The number of carbonyl (C=O) groups excluding carboxylic acids is 1. The smallest absolute Gasteiger partial charge is 0.326 e. The van der Waals surface area contributed by atoms with Crippen LogP contribution in [-0.2, 0) is 9.53 Å². The molecule has 21 heavy (non-hydrogen) atoms. The minimum Gasteiger partial charge on any atom is -0.465 e. The van der Waals surface area contributed by atoms with Gasteiger partial charge in [0.2, 0.25) is 0 Å². The van der Waals surface area contributed by atoms with Crippen molar-refractivity contribution in [2.24, 2.45) is 0 Å². The van der Waals surface area contributed by atoms with Crippen LogP contribution in [0.15, 0.2) is 0 Å². The summed E-state index contributed by atoms with van der Waals surface area (Å²) in [5, 5.41) is 3.31. The minimum atomic E-state index is -0.568. The number of likely N-dealkylation sites (N-methyl/N-ethyl adjacent to an activating group) is 1. The van der Waals surface area contributed by atoms with Crippen LogP contribution in [0.1, 0.15) is 66.7 Å². The molecule has 0 aromatic heterocycles. The van der Waals surface area contributed by atoms with E-state index >= 15 is 0 Å². The molecule has 4 nitrogen and oxygen atoms in total. The number of hydrogen-bond donors (Lipinski definition) is 1. The van der Waals surface area contributed by atoms with Gasteiger partial charge in [-0.1, -0.05) is 33.6 Å². The van der Waals surface area contributed by atoms with Gasteiger partial charge in [0.05, 0.1) is 6.61 Å². The lowest BCUT2D eigenvalue weighted by Gasteiger charge is -2.31. The first kappa shape index (κ1) is 20.4. The van der Waals surface area contributed by atoms with Crippen LogP contribution in [0.25, 0.3) is 0 Å². The van der Waals surface area contributed by atoms with E-state index in [1.54, 1.807) is 0 Å². The second-order valence-corrected chi connectivity index (χ2v) is 5.88. The molecule has 1 N–H and O–H groups in total. The number of nitrogens with zero attached hydrogens (tertiary/aromatic N) is 1. The zero-order valence-corrected chi connectivity index (χ0v) is 14.8. The molecular weight excluding hydrogens is 264 g/mol. The summed E-state index contributed by atoms with van der Waals surface area (Å²) in [7, 11) is 0. The molecule has 0 bridgehead atoms. The Hall–Kier alpha value is -0.610. The molecule has 0 aromatic rings. The van der Waals surface area contributed by atoms with Crippen molar-refractivity contribution in [3.8, 4) is 0 Å². The number of hydrogen-bond acceptors (Lipinski definition) is 4. The van der Waals surface area contributed by atoms with E-state index in [9.17, 15) is 4.79 Å². The van der Waals surface area contributed by atoms with Crippen LogP contribution in [0.2, 0.25) is 0 Å². The number of esters is 1. The van der Waals surface area contributed by atoms with Gasteiger partial charge in [-0.25, -0.2) is 0 Å². The lowest BCUT2D eigenvalue weighted by molar-refractivity contribution is -0.151. The maximum atomic E-state index is 12.2. The highest BCUT2D eigenvalue weighted by Gasteiger charge is 2.33. The van der Waals surface area contributed by atoms with Gasteiger partial charge >= 0.3 is 5.97 Å². The number of rotatable bonds is 13. The molecule has 0 radical (unpaired) electrons. The molecule has 0 amide bonds. The Morgan fingerprint density at radius 2 is 1.62 bits per heavy atom. The van der Waals surface area contributed by atoms with Crippen molar-refractivity contribution in [1.82, 2.24) is 10.2 Å². The van der Waals surface area contributed by atoms with Crippen LogP contribution < -0.4 is 5.32 Å². The summed E-state index contributed by atoms with van der Waals surface area (Å²) >= 11 is 0. The van der Waals surface area contributed by atoms with E-state index in [0.29, 0.717) is 6.61 Å². The van der Waals surface area contributed by atoms with Gasteiger partial charge in [0.15, 0.2) is 0 Å². The molecule has 0 rings (SSSR count). The van der Waals surface area contributed by atoms with Crippen molar-refractivity contribution in [3.63, 3.8) is 0 Å². The summed E-state index contributed by atoms with van der Waals surface area (Å²) in [6.45, 7) is 14.7. The summed E-state index contributed by atoms with van der Waals surface area (Å²) in [6.07, 6.45) is 5.67. The molecule has 0 aliphatic heterocycles. The topological polar surface area (TPSA) is 41.6 Å². The molecule has 4 heteroatoms. The van der Waals surface area contributed by atoms with E-state index in [2.05, 4.69) is 24.1 Å². The zero-order valence-electron chi connectivity index (χ0n) is 14.8. The fourth-order valence-corrected chi connectivity index (χ4v) is 2.42. The van der Waals surface area contributed by atoms with Gasteiger partial charge in [-0.2, -0.15) is 0 Å². The highest BCUT2D eigenvalue weighted by molar-refractivity contribution is 5.80. The van der Waals surface area contributed by atoms with Gasteiger partial charge in [0.25, 0.3) is 0 Å². The van der Waals surface area contributed by atoms with Crippen molar-refractivity contribution in [2.75, 3.05) is 32.8 Å². The van der Waals surface area contributed by atoms with Crippen LogP contribution >= 0.6 is 0 Å². The normalized spacial score (nSPS) is 14.2. The molecular formula is C17H36N2O2. The first-order valence-corrected chi connectivity index (χ1v) is 8.68. The van der Waals surface area contributed by atoms with Crippen LogP contribution in [0.3, 0.4) is 0 Å². The number of unbranched alkanes of at least 4 members (excludes halogenated alkanes) is 2. The standard InChI is InChI=1S/C17H36N2O2/c1-6-10-13-19(14-11-7-2)15-12-17(5,18-8-3)16(20)21-9-4/h18H,6-15H2,1-5H3. The largest absolute Gasteiger partial charge is 0.465 e. The third-order valence-electron chi connectivity index (χ3n) is 3.88. The molecule has 1 unspecified atom stereocenters. The number of ether oxygens (including phenoxy) is 1. The maximum Gasteiger partial charge on any atom is 0.326 e. The maximum absolute atomic E-state index is 12.2. The Bertz CT molecular complexity index is 264. The number of nitrogens with one attached hydrogen (secondary N) is 1. The first-order valence-electron chi connectivity index (χ1n) is 8.68. The third-order valence-corrected chi connectivity index (χ3v) is 3.88. The Labute approximate surface area is 131 Å². The van der Waals surface area contributed by atoms with Gasteiger partial charge in [-0.15, -0.1) is 0 Å². The predicted molar refractivity (Wildman–Crippen MR) is 89.6 cm³/mol. The van der Waals surface area contributed by atoms with Crippen LogP contribution in [-0.4, -0.2) is 49.2 Å². The molecule has 0 fully saturated rings. The van der Waals surface area contributed by atoms with Crippen LogP contribution in [0.4, 0.5) is 0 Å². The van der Waals surface area contributed by atoms with Crippen LogP contribution in [0.5, 0.6) is 0 Å². The van der Waals surface area contributed by atoms with Crippen LogP contribution in [0, 0.1) is 0 Å². The van der Waals surface area contributed by atoms with E-state index in [-0.39, 0.29) is 5.97 Å². The lowest BCUT2D eigenvalue weighted by atomic mass is 9.97. The van der Waals surface area contributed by atoms with E-state index in [4.69, 9.17) is 4.74 Å². The second-order valence-electron chi connectivity index (χ2n) is 5.88. The van der Waals surface area contributed by atoms with Crippen molar-refractivity contribution in [2.45, 2.75) is 72.3 Å². The summed E-state index contributed by atoms with van der Waals surface area (Å²) in [6, 6.07) is 0. The SMILES string of the molecule is CCCCN(CCCC)CCC(C)(NCC)C(=O)OCC. The molecule has 0 spiro atoms. The summed E-state index contributed by atoms with van der Waals surface area (Å²) in [5.41, 5.74) is -0.568. The first-order chi connectivity index (χ1) is 10.0. The molecule has 0 aliphatic carbocycles. The van der Waals surface area contributed by atoms with Gasteiger partial charge in [0.1, 0.15) is 5.54 Å². The van der Waals surface area contributed by atoms with Gasteiger partial charge in [-0.3, -0.25) is 4.79 Å². The van der Waals surface area contributed by atoms with Crippen molar-refractivity contribution >= 4 is 5.97 Å². The zero-order chi connectivity index (χ0) is 16.1. The molecule has 126 valence electrons. The van der Waals surface area contributed by atoms with E-state index < -0.39 is 5.54 Å². The average Bonchev–Trinajstić information content (AvgIpc) is 2.47. The van der Waals surface area contributed by atoms with Gasteiger partial charge in [0, 0.05) is 6.54 Å². The lowest BCUT2D eigenvalue weighted by Crippen LogP contribution is -2.52. The van der Waals surface area contributed by atoms with Crippen molar-refractivity contribution in [3.05, 3.63) is 0 Å². The molecule has 0 saturated heterocycles. The van der Waals surface area contributed by atoms with E-state index in [1.165, 1.54) is 25.7 Å². The highest BCUT2D eigenvalue weighted by atomic mass is 16.5. The highest BCUT2D eigenvalue weighted by Crippen LogP contribution is 2.14.